The highest BCUT2D eigenvalue weighted by Crippen LogP contribution is 2.28. The molecule has 0 aliphatic rings. The van der Waals surface area contributed by atoms with E-state index in [0.29, 0.717) is 10.2 Å². The zero-order valence-corrected chi connectivity index (χ0v) is 12.3. The van der Waals surface area contributed by atoms with E-state index in [4.69, 9.17) is 0 Å². The standard InChI is InChI=1S/C14H10BrFN2S/c15-13-9(4-3-5-10(13)16)8-19-14-17-11-6-1-2-7-12(11)18-14/h1-7H,8H2,(H,17,18). The highest BCUT2D eigenvalue weighted by Gasteiger charge is 2.07. The molecule has 0 radical (unpaired) electrons. The molecule has 96 valence electrons. The molecular formula is C14H10BrFN2S. The molecule has 1 heterocycles. The predicted octanol–water partition coefficient (Wildman–Crippen LogP) is 4.76. The predicted molar refractivity (Wildman–Crippen MR) is 79.8 cm³/mol. The number of benzene rings is 2. The average Bonchev–Trinajstić information content (AvgIpc) is 2.83. The molecule has 1 N–H and O–H groups in total. The van der Waals surface area contributed by atoms with E-state index in [-0.39, 0.29) is 5.82 Å². The third kappa shape index (κ3) is 2.67. The van der Waals surface area contributed by atoms with E-state index < -0.39 is 0 Å². The van der Waals surface area contributed by atoms with Crippen molar-refractivity contribution in [3.8, 4) is 0 Å². The number of H-pyrrole nitrogens is 1. The van der Waals surface area contributed by atoms with Crippen molar-refractivity contribution in [2.75, 3.05) is 0 Å². The van der Waals surface area contributed by atoms with Crippen molar-refractivity contribution in [3.63, 3.8) is 0 Å². The molecule has 3 aromatic rings. The normalized spacial score (nSPS) is 11.1. The van der Waals surface area contributed by atoms with Crippen molar-refractivity contribution in [1.82, 2.24) is 9.97 Å². The number of nitrogens with zero attached hydrogens (tertiary/aromatic N) is 1. The van der Waals surface area contributed by atoms with E-state index in [1.807, 2.05) is 30.3 Å². The van der Waals surface area contributed by atoms with Gasteiger partial charge in [-0.1, -0.05) is 36.0 Å². The van der Waals surface area contributed by atoms with E-state index >= 15 is 0 Å². The summed E-state index contributed by atoms with van der Waals surface area (Å²) in [7, 11) is 0. The fraction of sp³-hybridized carbons (Fsp3) is 0.0714. The molecule has 2 nitrogen and oxygen atoms in total. The quantitative estimate of drug-likeness (QED) is 0.698. The Morgan fingerprint density at radius 2 is 2.00 bits per heavy atom. The maximum absolute atomic E-state index is 13.4. The summed E-state index contributed by atoms with van der Waals surface area (Å²) in [5, 5.41) is 0.845. The van der Waals surface area contributed by atoms with Crippen LogP contribution in [-0.2, 0) is 5.75 Å². The molecular weight excluding hydrogens is 327 g/mol. The number of halogens is 2. The first-order valence-corrected chi connectivity index (χ1v) is 7.52. The Bertz CT molecular complexity index is 693. The summed E-state index contributed by atoms with van der Waals surface area (Å²) >= 11 is 4.83. The highest BCUT2D eigenvalue weighted by atomic mass is 79.9. The Hall–Kier alpha value is -1.33. The number of aromatic amines is 1. The van der Waals surface area contributed by atoms with Crippen LogP contribution in [0.5, 0.6) is 0 Å². The van der Waals surface area contributed by atoms with Gasteiger partial charge in [0.25, 0.3) is 0 Å². The van der Waals surface area contributed by atoms with E-state index in [1.54, 1.807) is 17.8 Å². The lowest BCUT2D eigenvalue weighted by Gasteiger charge is -2.03. The molecule has 0 aliphatic heterocycles. The summed E-state index contributed by atoms with van der Waals surface area (Å²) in [4.78, 5) is 7.72. The molecule has 0 spiro atoms. The topological polar surface area (TPSA) is 28.7 Å². The molecule has 0 saturated heterocycles. The lowest BCUT2D eigenvalue weighted by atomic mass is 10.2. The second-order valence-corrected chi connectivity index (χ2v) is 5.82. The van der Waals surface area contributed by atoms with Gasteiger partial charge in [0, 0.05) is 5.75 Å². The molecule has 0 amide bonds. The monoisotopic (exact) mass is 336 g/mol. The fourth-order valence-corrected chi connectivity index (χ4v) is 3.27. The first kappa shape index (κ1) is 12.7. The van der Waals surface area contributed by atoms with Crippen LogP contribution < -0.4 is 0 Å². The van der Waals surface area contributed by atoms with Gasteiger partial charge in [0.15, 0.2) is 5.16 Å². The second-order valence-electron chi connectivity index (χ2n) is 4.06. The molecule has 0 saturated carbocycles. The third-order valence-corrected chi connectivity index (χ3v) is 4.57. The zero-order chi connectivity index (χ0) is 13.2. The molecule has 19 heavy (non-hydrogen) atoms. The van der Waals surface area contributed by atoms with Crippen LogP contribution in [0.2, 0.25) is 0 Å². The Kier molecular flexibility index (Phi) is 3.57. The second kappa shape index (κ2) is 5.35. The largest absolute Gasteiger partial charge is 0.333 e. The van der Waals surface area contributed by atoms with Gasteiger partial charge in [0.2, 0.25) is 0 Å². The minimum absolute atomic E-state index is 0.234. The van der Waals surface area contributed by atoms with Crippen molar-refractivity contribution in [1.29, 1.82) is 0 Å². The van der Waals surface area contributed by atoms with Crippen molar-refractivity contribution in [2.24, 2.45) is 0 Å². The number of rotatable bonds is 3. The van der Waals surface area contributed by atoms with E-state index in [9.17, 15) is 4.39 Å². The van der Waals surface area contributed by atoms with Crippen molar-refractivity contribution in [3.05, 3.63) is 58.3 Å². The molecule has 2 aromatic carbocycles. The van der Waals surface area contributed by atoms with Gasteiger partial charge in [-0.25, -0.2) is 9.37 Å². The summed E-state index contributed by atoms with van der Waals surface area (Å²) in [6, 6.07) is 13.0. The summed E-state index contributed by atoms with van der Waals surface area (Å²) < 4.78 is 13.9. The molecule has 0 aliphatic carbocycles. The number of para-hydroxylation sites is 2. The van der Waals surface area contributed by atoms with Crippen LogP contribution in [0.3, 0.4) is 0 Å². The maximum atomic E-state index is 13.4. The van der Waals surface area contributed by atoms with E-state index in [2.05, 4.69) is 25.9 Å². The van der Waals surface area contributed by atoms with Crippen molar-refractivity contribution in [2.45, 2.75) is 10.9 Å². The highest BCUT2D eigenvalue weighted by molar-refractivity contribution is 9.10. The van der Waals surface area contributed by atoms with Gasteiger partial charge in [-0.05, 0) is 39.7 Å². The van der Waals surface area contributed by atoms with Gasteiger partial charge in [-0.2, -0.15) is 0 Å². The molecule has 0 fully saturated rings. The molecule has 0 atom stereocenters. The smallest absolute Gasteiger partial charge is 0.166 e. The number of thioether (sulfide) groups is 1. The summed E-state index contributed by atoms with van der Waals surface area (Å²) in [5.41, 5.74) is 2.89. The van der Waals surface area contributed by atoms with Gasteiger partial charge < -0.3 is 4.98 Å². The Balaban J connectivity index is 1.80. The number of aromatic nitrogens is 2. The van der Waals surface area contributed by atoms with Crippen LogP contribution >= 0.6 is 27.7 Å². The zero-order valence-electron chi connectivity index (χ0n) is 9.86. The number of nitrogens with one attached hydrogen (secondary N) is 1. The van der Waals surface area contributed by atoms with Crippen LogP contribution in [0.25, 0.3) is 11.0 Å². The van der Waals surface area contributed by atoms with E-state index in [0.717, 1.165) is 21.8 Å². The summed E-state index contributed by atoms with van der Waals surface area (Å²) in [5.74, 6) is 0.431. The third-order valence-electron chi connectivity index (χ3n) is 2.76. The lowest BCUT2D eigenvalue weighted by Crippen LogP contribution is -1.87. The van der Waals surface area contributed by atoms with Gasteiger partial charge in [0.1, 0.15) is 5.82 Å². The number of hydrogen-bond acceptors (Lipinski definition) is 2. The summed E-state index contributed by atoms with van der Waals surface area (Å²) in [6.07, 6.45) is 0. The van der Waals surface area contributed by atoms with Crippen LogP contribution in [0.1, 0.15) is 5.56 Å². The molecule has 0 bridgehead atoms. The average molecular weight is 337 g/mol. The molecule has 5 heteroatoms. The van der Waals surface area contributed by atoms with Gasteiger partial charge >= 0.3 is 0 Å². The number of fused-ring (bicyclic) bond motifs is 1. The Labute approximate surface area is 122 Å². The molecule has 1 aromatic heterocycles. The van der Waals surface area contributed by atoms with Crippen LogP contribution in [0.15, 0.2) is 52.1 Å². The number of hydrogen-bond donors (Lipinski definition) is 1. The lowest BCUT2D eigenvalue weighted by molar-refractivity contribution is 0.619. The van der Waals surface area contributed by atoms with Gasteiger partial charge in [0.05, 0.1) is 15.5 Å². The van der Waals surface area contributed by atoms with Gasteiger partial charge in [-0.3, -0.25) is 0 Å². The maximum Gasteiger partial charge on any atom is 0.166 e. The van der Waals surface area contributed by atoms with E-state index in [1.165, 1.54) is 6.07 Å². The minimum atomic E-state index is -0.234. The SMILES string of the molecule is Fc1cccc(CSc2nc3ccccc3[nH]2)c1Br. The van der Waals surface area contributed by atoms with Crippen molar-refractivity contribution < 1.29 is 4.39 Å². The minimum Gasteiger partial charge on any atom is -0.333 e. The number of imidazole rings is 1. The molecule has 3 rings (SSSR count). The fourth-order valence-electron chi connectivity index (χ4n) is 1.80. The summed E-state index contributed by atoms with van der Waals surface area (Å²) in [6.45, 7) is 0. The van der Waals surface area contributed by atoms with Gasteiger partial charge in [-0.15, -0.1) is 0 Å². The molecule has 0 unspecified atom stereocenters. The first-order valence-electron chi connectivity index (χ1n) is 5.74. The first-order chi connectivity index (χ1) is 9.24. The Morgan fingerprint density at radius 1 is 1.16 bits per heavy atom. The Morgan fingerprint density at radius 3 is 2.84 bits per heavy atom. The van der Waals surface area contributed by atoms with Crippen LogP contribution in [-0.4, -0.2) is 9.97 Å². The van der Waals surface area contributed by atoms with Crippen LogP contribution in [0.4, 0.5) is 4.39 Å². The van der Waals surface area contributed by atoms with Crippen molar-refractivity contribution >= 4 is 38.7 Å². The van der Waals surface area contributed by atoms with Crippen LogP contribution in [0, 0.1) is 5.82 Å².